The number of amides is 2. The van der Waals surface area contributed by atoms with Gasteiger partial charge in [-0.25, -0.2) is 4.79 Å². The molecule has 4 rings (SSSR count). The van der Waals surface area contributed by atoms with Gasteiger partial charge in [0, 0.05) is 30.4 Å². The minimum Gasteiger partial charge on any atom is -0.494 e. The Morgan fingerprint density at radius 2 is 1.92 bits per heavy atom. The number of thiazole rings is 1. The highest BCUT2D eigenvalue weighted by Crippen LogP contribution is 2.23. The van der Waals surface area contributed by atoms with Crippen LogP contribution in [0.15, 0.2) is 53.0 Å². The first-order valence-corrected chi connectivity index (χ1v) is 9.79. The van der Waals surface area contributed by atoms with E-state index in [1.165, 1.54) is 11.3 Å². The fourth-order valence-corrected chi connectivity index (χ4v) is 3.94. The number of ether oxygens (including phenoxy) is 1. The lowest BCUT2D eigenvalue weighted by Crippen LogP contribution is -2.27. The Morgan fingerprint density at radius 3 is 2.73 bits per heavy atom. The minimum absolute atomic E-state index is 0.138. The van der Waals surface area contributed by atoms with E-state index >= 15 is 0 Å². The molecule has 1 aliphatic heterocycles. The third-order valence-corrected chi connectivity index (χ3v) is 5.30. The molecule has 0 unspecified atom stereocenters. The summed E-state index contributed by atoms with van der Waals surface area (Å²) >= 11 is 1.47. The number of nitrogens with zero attached hydrogens (tertiary/aromatic N) is 3. The highest BCUT2D eigenvalue weighted by Gasteiger charge is 2.17. The maximum absolute atomic E-state index is 12.3. The van der Waals surface area contributed by atoms with E-state index in [0.717, 1.165) is 48.1 Å². The molecule has 0 saturated carbocycles. The van der Waals surface area contributed by atoms with Crippen LogP contribution in [0.4, 0.5) is 4.79 Å². The van der Waals surface area contributed by atoms with Crippen LogP contribution in [0, 0.1) is 0 Å². The normalized spacial score (nSPS) is 15.0. The van der Waals surface area contributed by atoms with E-state index in [4.69, 9.17) is 4.74 Å². The molecule has 1 aliphatic rings. The second-order valence-corrected chi connectivity index (χ2v) is 7.14. The Labute approximate surface area is 156 Å². The fraction of sp³-hybridized carbons (Fsp3) is 0.300. The molecule has 0 spiro atoms. The van der Waals surface area contributed by atoms with Gasteiger partial charge in [0.25, 0.3) is 0 Å². The Balaban J connectivity index is 1.69. The summed E-state index contributed by atoms with van der Waals surface area (Å²) < 4.78 is 7.53. The van der Waals surface area contributed by atoms with Gasteiger partial charge in [0.15, 0.2) is 4.80 Å². The maximum Gasteiger partial charge on any atom is 0.346 e. The van der Waals surface area contributed by atoms with Crippen LogP contribution in [-0.2, 0) is 0 Å². The van der Waals surface area contributed by atoms with Gasteiger partial charge in [-0.1, -0.05) is 12.1 Å². The zero-order chi connectivity index (χ0) is 17.9. The minimum atomic E-state index is -0.138. The first-order valence-electron chi connectivity index (χ1n) is 8.91. The summed E-state index contributed by atoms with van der Waals surface area (Å²) in [5.41, 5.74) is 0.996. The summed E-state index contributed by atoms with van der Waals surface area (Å²) in [6.45, 7) is 4.26. The number of hydrogen-bond donors (Lipinski definition) is 0. The summed E-state index contributed by atoms with van der Waals surface area (Å²) in [5.74, 6) is 0.878. The van der Waals surface area contributed by atoms with E-state index in [0.29, 0.717) is 11.4 Å². The molecule has 0 aliphatic carbocycles. The summed E-state index contributed by atoms with van der Waals surface area (Å²) in [6, 6.07) is 12.2. The van der Waals surface area contributed by atoms with Crippen molar-refractivity contribution < 1.29 is 9.53 Å². The van der Waals surface area contributed by atoms with Crippen molar-refractivity contribution in [2.75, 3.05) is 19.7 Å². The summed E-state index contributed by atoms with van der Waals surface area (Å²) in [4.78, 5) is 19.2. The van der Waals surface area contributed by atoms with E-state index in [2.05, 4.69) is 23.2 Å². The third-order valence-electron chi connectivity index (χ3n) is 4.54. The molecular weight excluding hydrogens is 346 g/mol. The fourth-order valence-electron chi connectivity index (χ4n) is 3.23. The van der Waals surface area contributed by atoms with E-state index in [1.807, 2.05) is 46.2 Å². The Morgan fingerprint density at radius 1 is 1.15 bits per heavy atom. The number of fused-ring (bicyclic) bond motifs is 1. The highest BCUT2D eigenvalue weighted by molar-refractivity contribution is 7.07. The molecule has 3 aromatic rings. The lowest BCUT2D eigenvalue weighted by atomic mass is 10.1. The molecule has 1 fully saturated rings. The monoisotopic (exact) mass is 367 g/mol. The number of rotatable bonds is 3. The SMILES string of the molecule is CCOc1ccc2cc(-n3ccsc3=NC(=O)N3CCCC3)ccc2c1. The Bertz CT molecular complexity index is 999. The van der Waals surface area contributed by atoms with Gasteiger partial charge >= 0.3 is 6.03 Å². The zero-order valence-electron chi connectivity index (χ0n) is 14.7. The van der Waals surface area contributed by atoms with Crippen molar-refractivity contribution in [1.82, 2.24) is 9.47 Å². The summed E-state index contributed by atoms with van der Waals surface area (Å²) in [7, 11) is 0. The van der Waals surface area contributed by atoms with Crippen LogP contribution < -0.4 is 9.54 Å². The van der Waals surface area contributed by atoms with Crippen LogP contribution in [-0.4, -0.2) is 35.2 Å². The lowest BCUT2D eigenvalue weighted by molar-refractivity contribution is 0.218. The summed E-state index contributed by atoms with van der Waals surface area (Å²) in [6.07, 6.45) is 4.09. The molecular formula is C20H21N3O2S. The van der Waals surface area contributed by atoms with E-state index in [-0.39, 0.29) is 6.03 Å². The van der Waals surface area contributed by atoms with Crippen molar-refractivity contribution in [1.29, 1.82) is 0 Å². The van der Waals surface area contributed by atoms with Gasteiger partial charge in [-0.15, -0.1) is 11.3 Å². The van der Waals surface area contributed by atoms with Crippen molar-refractivity contribution in [3.63, 3.8) is 0 Å². The molecule has 2 aromatic carbocycles. The predicted molar refractivity (Wildman–Crippen MR) is 104 cm³/mol. The van der Waals surface area contributed by atoms with Gasteiger partial charge < -0.3 is 9.64 Å². The van der Waals surface area contributed by atoms with Crippen molar-refractivity contribution in [3.05, 3.63) is 52.8 Å². The van der Waals surface area contributed by atoms with Crippen LogP contribution in [0.2, 0.25) is 0 Å². The number of carbonyl (C=O) groups excluding carboxylic acids is 1. The van der Waals surface area contributed by atoms with Gasteiger partial charge in [-0.3, -0.25) is 4.57 Å². The molecule has 0 N–H and O–H groups in total. The van der Waals surface area contributed by atoms with Gasteiger partial charge in [0.2, 0.25) is 0 Å². The first kappa shape index (κ1) is 16.8. The van der Waals surface area contributed by atoms with Crippen molar-refractivity contribution in [2.24, 2.45) is 4.99 Å². The average molecular weight is 367 g/mol. The topological polar surface area (TPSA) is 46.8 Å². The standard InChI is InChI=1S/C20H21N3O2S/c1-2-25-18-8-6-15-13-17(7-5-16(15)14-18)23-11-12-26-20(23)21-19(24)22-9-3-4-10-22/h5-8,11-14H,2-4,9-10H2,1H3. The first-order chi connectivity index (χ1) is 12.7. The Kier molecular flexibility index (Phi) is 4.75. The molecule has 2 amide bonds. The molecule has 134 valence electrons. The molecule has 1 aromatic heterocycles. The smallest absolute Gasteiger partial charge is 0.346 e. The zero-order valence-corrected chi connectivity index (χ0v) is 15.5. The molecule has 26 heavy (non-hydrogen) atoms. The second-order valence-electron chi connectivity index (χ2n) is 6.27. The largest absolute Gasteiger partial charge is 0.494 e. The molecule has 6 heteroatoms. The van der Waals surface area contributed by atoms with Crippen LogP contribution in [0.5, 0.6) is 5.75 Å². The van der Waals surface area contributed by atoms with Crippen LogP contribution >= 0.6 is 11.3 Å². The van der Waals surface area contributed by atoms with E-state index in [1.54, 1.807) is 0 Å². The molecule has 0 radical (unpaired) electrons. The molecule has 5 nitrogen and oxygen atoms in total. The molecule has 0 bridgehead atoms. The number of likely N-dealkylation sites (tertiary alicyclic amines) is 1. The molecule has 2 heterocycles. The van der Waals surface area contributed by atoms with E-state index < -0.39 is 0 Å². The van der Waals surface area contributed by atoms with Crippen molar-refractivity contribution in [2.45, 2.75) is 19.8 Å². The lowest BCUT2D eigenvalue weighted by Gasteiger charge is -2.11. The summed E-state index contributed by atoms with van der Waals surface area (Å²) in [5, 5.41) is 4.21. The third kappa shape index (κ3) is 3.37. The number of benzene rings is 2. The second kappa shape index (κ2) is 7.33. The van der Waals surface area contributed by atoms with Gasteiger partial charge in [-0.05, 0) is 54.8 Å². The number of aromatic nitrogens is 1. The average Bonchev–Trinajstić information content (AvgIpc) is 3.33. The number of urea groups is 1. The van der Waals surface area contributed by atoms with Gasteiger partial charge in [0.05, 0.1) is 6.61 Å². The van der Waals surface area contributed by atoms with Crippen LogP contribution in [0.25, 0.3) is 16.5 Å². The molecule has 0 atom stereocenters. The Hall–Kier alpha value is -2.60. The highest BCUT2D eigenvalue weighted by atomic mass is 32.1. The van der Waals surface area contributed by atoms with Crippen LogP contribution in [0.3, 0.4) is 0 Å². The quantitative estimate of drug-likeness (QED) is 0.696. The maximum atomic E-state index is 12.3. The number of hydrogen-bond acceptors (Lipinski definition) is 3. The van der Waals surface area contributed by atoms with Gasteiger partial charge in [0.1, 0.15) is 5.75 Å². The van der Waals surface area contributed by atoms with Gasteiger partial charge in [-0.2, -0.15) is 4.99 Å². The number of carbonyl (C=O) groups is 1. The van der Waals surface area contributed by atoms with Crippen molar-refractivity contribution >= 4 is 28.1 Å². The molecule has 1 saturated heterocycles. The van der Waals surface area contributed by atoms with Crippen LogP contribution in [0.1, 0.15) is 19.8 Å². The predicted octanol–water partition coefficient (Wildman–Crippen LogP) is 4.21. The van der Waals surface area contributed by atoms with E-state index in [9.17, 15) is 4.79 Å². The van der Waals surface area contributed by atoms with Crippen molar-refractivity contribution in [3.8, 4) is 11.4 Å².